The lowest BCUT2D eigenvalue weighted by Crippen LogP contribution is -2.29. The van der Waals surface area contributed by atoms with Crippen molar-refractivity contribution in [3.63, 3.8) is 0 Å². The van der Waals surface area contributed by atoms with Crippen molar-refractivity contribution in [2.75, 3.05) is 6.54 Å². The van der Waals surface area contributed by atoms with Crippen LogP contribution < -0.4 is 0 Å². The summed E-state index contributed by atoms with van der Waals surface area (Å²) in [5.74, 6) is 0.0577. The predicted molar refractivity (Wildman–Crippen MR) is 83.3 cm³/mol. The first-order valence-electron chi connectivity index (χ1n) is 6.30. The zero-order valence-corrected chi connectivity index (χ0v) is 13.6. The van der Waals surface area contributed by atoms with E-state index in [4.69, 9.17) is 23.2 Å². The van der Waals surface area contributed by atoms with Gasteiger partial charge in [-0.3, -0.25) is 9.59 Å². The number of hydrogen-bond acceptors (Lipinski definition) is 3. The summed E-state index contributed by atoms with van der Waals surface area (Å²) in [7, 11) is 0. The fourth-order valence-corrected chi connectivity index (χ4v) is 3.89. The van der Waals surface area contributed by atoms with E-state index in [2.05, 4.69) is 0 Å². The Hall–Kier alpha value is -0.710. The number of likely N-dealkylation sites (tertiary alicyclic amines) is 1. The van der Waals surface area contributed by atoms with Crippen LogP contribution in [0.15, 0.2) is 18.2 Å². The van der Waals surface area contributed by atoms with Crippen LogP contribution in [0.5, 0.6) is 0 Å². The summed E-state index contributed by atoms with van der Waals surface area (Å²) in [6.07, 6.45) is 0.403. The highest BCUT2D eigenvalue weighted by atomic mass is 35.5. The van der Waals surface area contributed by atoms with E-state index >= 15 is 0 Å². The molecule has 1 aromatic rings. The average Bonchev–Trinajstić information content (AvgIpc) is 2.68. The number of carbonyl (C=O) groups excluding carboxylic acids is 2. The third-order valence-corrected chi connectivity index (χ3v) is 4.88. The topological polar surface area (TPSA) is 37.4 Å². The predicted octanol–water partition coefficient (Wildman–Crippen LogP) is 3.94. The molecule has 0 bridgehead atoms. The monoisotopic (exact) mass is 331 g/mol. The molecular weight excluding hydrogens is 317 g/mol. The molecule has 0 aliphatic carbocycles. The van der Waals surface area contributed by atoms with Crippen LogP contribution in [0.2, 0.25) is 10.0 Å². The fourth-order valence-electron chi connectivity index (χ4n) is 2.39. The van der Waals surface area contributed by atoms with Crippen LogP contribution in [0.1, 0.15) is 31.9 Å². The maximum Gasteiger partial charge on any atom is 0.224 e. The number of amides is 1. The third kappa shape index (κ3) is 3.48. The first kappa shape index (κ1) is 15.7. The molecule has 20 heavy (non-hydrogen) atoms. The van der Waals surface area contributed by atoms with Gasteiger partial charge in [0.1, 0.15) is 0 Å². The number of nitrogens with zero attached hydrogens (tertiary/aromatic N) is 1. The van der Waals surface area contributed by atoms with Gasteiger partial charge in [0.05, 0.1) is 6.04 Å². The Morgan fingerprint density at radius 1 is 1.45 bits per heavy atom. The Morgan fingerprint density at radius 2 is 2.15 bits per heavy atom. The fraction of sp³-hybridized carbons (Fsp3) is 0.429. The van der Waals surface area contributed by atoms with Crippen LogP contribution in [-0.4, -0.2) is 27.7 Å². The minimum absolute atomic E-state index is 0.0357. The Kier molecular flexibility index (Phi) is 4.99. The molecule has 2 unspecified atom stereocenters. The highest BCUT2D eigenvalue weighted by molar-refractivity contribution is 8.14. The smallest absolute Gasteiger partial charge is 0.224 e. The second-order valence-corrected chi connectivity index (χ2v) is 7.14. The van der Waals surface area contributed by atoms with E-state index in [0.29, 0.717) is 23.0 Å². The standard InChI is InChI=1S/C14H15Cl2NO2S/c1-8(12-4-3-10(15)5-13(12)16)17-7-11(6-14(17)19)20-9(2)18/h3-5,8,11H,6-7H2,1-2H3. The van der Waals surface area contributed by atoms with Crippen molar-refractivity contribution in [3.05, 3.63) is 33.8 Å². The molecule has 2 rings (SSSR count). The quantitative estimate of drug-likeness (QED) is 0.841. The zero-order valence-electron chi connectivity index (χ0n) is 11.2. The molecule has 1 amide bonds. The molecule has 1 fully saturated rings. The van der Waals surface area contributed by atoms with Gasteiger partial charge in [0, 0.05) is 35.2 Å². The van der Waals surface area contributed by atoms with E-state index in [0.717, 1.165) is 5.56 Å². The van der Waals surface area contributed by atoms with Gasteiger partial charge in [-0.2, -0.15) is 0 Å². The molecule has 0 spiro atoms. The number of rotatable bonds is 3. The van der Waals surface area contributed by atoms with Crippen LogP contribution >= 0.6 is 35.0 Å². The Morgan fingerprint density at radius 3 is 2.75 bits per heavy atom. The molecule has 1 aliphatic heterocycles. The SMILES string of the molecule is CC(=O)SC1CC(=O)N(C(C)c2ccc(Cl)cc2Cl)C1. The lowest BCUT2D eigenvalue weighted by Gasteiger charge is -2.26. The molecule has 2 atom stereocenters. The number of hydrogen-bond donors (Lipinski definition) is 0. The molecule has 108 valence electrons. The third-order valence-electron chi connectivity index (χ3n) is 3.34. The van der Waals surface area contributed by atoms with Crippen molar-refractivity contribution in [2.45, 2.75) is 31.6 Å². The van der Waals surface area contributed by atoms with Gasteiger partial charge in [0.2, 0.25) is 5.91 Å². The highest BCUT2D eigenvalue weighted by Gasteiger charge is 2.34. The van der Waals surface area contributed by atoms with Gasteiger partial charge >= 0.3 is 0 Å². The average molecular weight is 332 g/mol. The molecule has 1 saturated heterocycles. The Bertz CT molecular complexity index is 550. The minimum Gasteiger partial charge on any atom is -0.335 e. The van der Waals surface area contributed by atoms with Gasteiger partial charge in [-0.15, -0.1) is 0 Å². The lowest BCUT2D eigenvalue weighted by molar-refractivity contribution is -0.129. The van der Waals surface area contributed by atoms with Gasteiger partial charge < -0.3 is 4.90 Å². The molecule has 1 aliphatic rings. The molecular formula is C14H15Cl2NO2S. The van der Waals surface area contributed by atoms with Gasteiger partial charge in [-0.1, -0.05) is 41.0 Å². The van der Waals surface area contributed by atoms with E-state index in [1.807, 2.05) is 13.0 Å². The van der Waals surface area contributed by atoms with E-state index in [1.54, 1.807) is 17.0 Å². The van der Waals surface area contributed by atoms with Crippen LogP contribution in [0.25, 0.3) is 0 Å². The highest BCUT2D eigenvalue weighted by Crippen LogP contribution is 2.34. The summed E-state index contributed by atoms with van der Waals surface area (Å²) in [5.41, 5.74) is 0.873. The van der Waals surface area contributed by atoms with Crippen LogP contribution in [-0.2, 0) is 9.59 Å². The zero-order chi connectivity index (χ0) is 14.9. The van der Waals surface area contributed by atoms with Crippen molar-refractivity contribution >= 4 is 46.0 Å². The minimum atomic E-state index is -0.121. The first-order valence-corrected chi connectivity index (χ1v) is 7.93. The second-order valence-electron chi connectivity index (χ2n) is 4.82. The normalized spacial score (nSPS) is 20.3. The van der Waals surface area contributed by atoms with Crippen molar-refractivity contribution in [3.8, 4) is 0 Å². The van der Waals surface area contributed by atoms with E-state index < -0.39 is 0 Å². The molecule has 0 saturated carbocycles. The van der Waals surface area contributed by atoms with Crippen molar-refractivity contribution in [1.82, 2.24) is 4.90 Å². The van der Waals surface area contributed by atoms with E-state index in [1.165, 1.54) is 18.7 Å². The van der Waals surface area contributed by atoms with Crippen molar-refractivity contribution in [1.29, 1.82) is 0 Å². The van der Waals surface area contributed by atoms with Crippen LogP contribution in [0.3, 0.4) is 0 Å². The number of halogens is 2. The van der Waals surface area contributed by atoms with Crippen LogP contribution in [0, 0.1) is 0 Å². The van der Waals surface area contributed by atoms with Gasteiger partial charge in [0.25, 0.3) is 0 Å². The van der Waals surface area contributed by atoms with Gasteiger partial charge in [-0.05, 0) is 24.6 Å². The molecule has 3 nitrogen and oxygen atoms in total. The summed E-state index contributed by atoms with van der Waals surface area (Å²) >= 11 is 13.3. The number of carbonyl (C=O) groups is 2. The Labute approximate surface area is 132 Å². The first-order chi connectivity index (χ1) is 9.38. The maximum atomic E-state index is 12.1. The maximum absolute atomic E-state index is 12.1. The summed E-state index contributed by atoms with van der Waals surface area (Å²) in [6.45, 7) is 4.04. The molecule has 0 radical (unpaired) electrons. The summed E-state index contributed by atoms with van der Waals surface area (Å²) in [6, 6.07) is 5.16. The van der Waals surface area contributed by atoms with Crippen molar-refractivity contribution in [2.24, 2.45) is 0 Å². The number of benzene rings is 1. The lowest BCUT2D eigenvalue weighted by atomic mass is 10.1. The summed E-state index contributed by atoms with van der Waals surface area (Å²) in [5, 5.41) is 1.21. The second kappa shape index (κ2) is 6.37. The van der Waals surface area contributed by atoms with Crippen LogP contribution in [0.4, 0.5) is 0 Å². The Balaban J connectivity index is 2.15. The van der Waals surface area contributed by atoms with Crippen molar-refractivity contribution < 1.29 is 9.59 Å². The molecule has 6 heteroatoms. The van der Waals surface area contributed by atoms with Gasteiger partial charge in [0.15, 0.2) is 5.12 Å². The molecule has 1 aromatic carbocycles. The van der Waals surface area contributed by atoms with Gasteiger partial charge in [-0.25, -0.2) is 0 Å². The summed E-state index contributed by atoms with van der Waals surface area (Å²) in [4.78, 5) is 25.0. The summed E-state index contributed by atoms with van der Waals surface area (Å²) < 4.78 is 0. The molecule has 0 N–H and O–H groups in total. The number of thioether (sulfide) groups is 1. The molecule has 0 aromatic heterocycles. The largest absolute Gasteiger partial charge is 0.335 e. The van der Waals surface area contributed by atoms with E-state index in [-0.39, 0.29) is 22.3 Å². The molecule has 1 heterocycles. The van der Waals surface area contributed by atoms with E-state index in [9.17, 15) is 9.59 Å².